The minimum atomic E-state index is -1.20. The molecule has 3 nitrogen and oxygen atoms in total. The van der Waals surface area contributed by atoms with Crippen molar-refractivity contribution >= 4 is 19.9 Å². The van der Waals surface area contributed by atoms with Crippen LogP contribution >= 0.6 is 0 Å². The second kappa shape index (κ2) is 4.08. The molecule has 0 spiro atoms. The van der Waals surface area contributed by atoms with Crippen LogP contribution in [0.5, 0.6) is 0 Å². The summed E-state index contributed by atoms with van der Waals surface area (Å²) in [5, 5.41) is 0. The van der Waals surface area contributed by atoms with E-state index in [-0.39, 0.29) is 11.8 Å². The molecule has 0 aromatic rings. The lowest BCUT2D eigenvalue weighted by atomic mass is 10.4. The molecule has 0 aromatic heterocycles. The van der Waals surface area contributed by atoms with Crippen LogP contribution in [0.3, 0.4) is 0 Å². The first kappa shape index (κ1) is 11.2. The van der Waals surface area contributed by atoms with Gasteiger partial charge in [-0.05, 0) is 0 Å². The average molecular weight is 211 g/mol. The van der Waals surface area contributed by atoms with Gasteiger partial charge in [-0.3, -0.25) is 14.5 Å². The lowest BCUT2D eigenvalue weighted by Crippen LogP contribution is -2.29. The summed E-state index contributed by atoms with van der Waals surface area (Å²) >= 11 is 0. The van der Waals surface area contributed by atoms with Crippen LogP contribution in [-0.2, 0) is 9.59 Å². The van der Waals surface area contributed by atoms with Crippen LogP contribution in [0.1, 0.15) is 12.8 Å². The van der Waals surface area contributed by atoms with Crippen molar-refractivity contribution < 1.29 is 9.59 Å². The molecule has 1 saturated heterocycles. The maximum Gasteiger partial charge on any atom is 0.229 e. The van der Waals surface area contributed by atoms with Crippen LogP contribution in [0.2, 0.25) is 19.6 Å². The highest BCUT2D eigenvalue weighted by Crippen LogP contribution is 2.11. The van der Waals surface area contributed by atoms with Crippen molar-refractivity contribution in [2.24, 2.45) is 0 Å². The zero-order valence-electron chi connectivity index (χ0n) is 9.04. The summed E-state index contributed by atoms with van der Waals surface area (Å²) in [6.45, 7) is 7.12. The van der Waals surface area contributed by atoms with Gasteiger partial charge in [-0.25, -0.2) is 0 Å². The Balaban J connectivity index is 2.49. The molecule has 1 heterocycles. The molecule has 0 radical (unpaired) electrons. The minimum absolute atomic E-state index is 0.0322. The van der Waals surface area contributed by atoms with E-state index in [0.717, 1.165) is 0 Å². The van der Waals surface area contributed by atoms with Gasteiger partial charge in [0.2, 0.25) is 11.8 Å². The van der Waals surface area contributed by atoms with Crippen LogP contribution in [0.25, 0.3) is 0 Å². The molecule has 0 aliphatic carbocycles. The molecular formula is C10H17NO2Si. The zero-order valence-corrected chi connectivity index (χ0v) is 10.0. The molecule has 0 N–H and O–H groups in total. The number of likely N-dealkylation sites (tertiary alicyclic amines) is 1. The number of rotatable bonds is 3. The van der Waals surface area contributed by atoms with Crippen molar-refractivity contribution in [3.05, 3.63) is 11.8 Å². The molecule has 1 fully saturated rings. The Hall–Kier alpha value is -0.903. The van der Waals surface area contributed by atoms with E-state index in [1.165, 1.54) is 4.90 Å². The number of hydrogen-bond acceptors (Lipinski definition) is 2. The smallest absolute Gasteiger partial charge is 0.229 e. The summed E-state index contributed by atoms with van der Waals surface area (Å²) in [6, 6.07) is 0. The van der Waals surface area contributed by atoms with Gasteiger partial charge in [0.25, 0.3) is 0 Å². The van der Waals surface area contributed by atoms with Gasteiger partial charge in [0, 0.05) is 19.4 Å². The number of imide groups is 1. The van der Waals surface area contributed by atoms with Crippen molar-refractivity contribution in [1.29, 1.82) is 0 Å². The van der Waals surface area contributed by atoms with Gasteiger partial charge in [0.1, 0.15) is 0 Å². The Labute approximate surface area is 85.8 Å². The summed E-state index contributed by atoms with van der Waals surface area (Å²) in [6.07, 6.45) is 2.73. The Kier molecular flexibility index (Phi) is 3.26. The van der Waals surface area contributed by atoms with Gasteiger partial charge < -0.3 is 0 Å². The lowest BCUT2D eigenvalue weighted by Gasteiger charge is -2.12. The Morgan fingerprint density at radius 1 is 1.21 bits per heavy atom. The second-order valence-corrected chi connectivity index (χ2v) is 9.73. The monoisotopic (exact) mass is 211 g/mol. The van der Waals surface area contributed by atoms with Crippen molar-refractivity contribution in [2.75, 3.05) is 6.54 Å². The van der Waals surface area contributed by atoms with Crippen LogP contribution < -0.4 is 0 Å². The molecule has 1 rings (SSSR count). The van der Waals surface area contributed by atoms with Crippen molar-refractivity contribution in [2.45, 2.75) is 32.5 Å². The fraction of sp³-hybridized carbons (Fsp3) is 0.600. The highest BCUT2D eigenvalue weighted by atomic mass is 28.3. The third kappa shape index (κ3) is 3.10. The third-order valence-corrected chi connectivity index (χ3v) is 3.30. The van der Waals surface area contributed by atoms with E-state index in [1.807, 2.05) is 6.08 Å². The number of carbonyl (C=O) groups is 2. The van der Waals surface area contributed by atoms with Crippen LogP contribution in [0.15, 0.2) is 11.8 Å². The fourth-order valence-corrected chi connectivity index (χ4v) is 2.15. The predicted molar refractivity (Wildman–Crippen MR) is 58.4 cm³/mol. The fourth-order valence-electron chi connectivity index (χ4n) is 1.34. The lowest BCUT2D eigenvalue weighted by molar-refractivity contribution is -0.137. The van der Waals surface area contributed by atoms with E-state index in [1.54, 1.807) is 0 Å². The largest absolute Gasteiger partial charge is 0.279 e. The third-order valence-electron chi connectivity index (χ3n) is 2.06. The molecule has 4 heteroatoms. The van der Waals surface area contributed by atoms with Gasteiger partial charge in [-0.1, -0.05) is 31.4 Å². The van der Waals surface area contributed by atoms with Crippen molar-refractivity contribution in [3.63, 3.8) is 0 Å². The van der Waals surface area contributed by atoms with E-state index >= 15 is 0 Å². The molecule has 0 unspecified atom stereocenters. The topological polar surface area (TPSA) is 37.4 Å². The Morgan fingerprint density at radius 2 is 1.71 bits per heavy atom. The van der Waals surface area contributed by atoms with E-state index in [2.05, 4.69) is 25.3 Å². The molecule has 0 saturated carbocycles. The van der Waals surface area contributed by atoms with E-state index in [0.29, 0.717) is 19.4 Å². The van der Waals surface area contributed by atoms with Gasteiger partial charge in [-0.2, -0.15) is 0 Å². The summed E-state index contributed by atoms with van der Waals surface area (Å²) < 4.78 is 0. The summed E-state index contributed by atoms with van der Waals surface area (Å²) in [5.41, 5.74) is 2.16. The van der Waals surface area contributed by atoms with Crippen LogP contribution in [0, 0.1) is 0 Å². The van der Waals surface area contributed by atoms with Gasteiger partial charge in [0.15, 0.2) is 0 Å². The highest BCUT2D eigenvalue weighted by molar-refractivity contribution is 6.80. The van der Waals surface area contributed by atoms with Crippen molar-refractivity contribution in [1.82, 2.24) is 4.90 Å². The van der Waals surface area contributed by atoms with Crippen LogP contribution in [0.4, 0.5) is 0 Å². The number of carbonyl (C=O) groups excluding carboxylic acids is 2. The normalized spacial score (nSPS) is 18.6. The molecule has 0 aromatic carbocycles. The number of hydrogen-bond donors (Lipinski definition) is 0. The molecule has 14 heavy (non-hydrogen) atoms. The number of amides is 2. The average Bonchev–Trinajstić information content (AvgIpc) is 2.33. The Morgan fingerprint density at radius 3 is 2.14 bits per heavy atom. The molecule has 2 amide bonds. The van der Waals surface area contributed by atoms with E-state index < -0.39 is 8.07 Å². The minimum Gasteiger partial charge on any atom is -0.279 e. The molecule has 0 bridgehead atoms. The quantitative estimate of drug-likeness (QED) is 0.525. The predicted octanol–water partition coefficient (Wildman–Crippen LogP) is 1.57. The molecule has 1 aliphatic rings. The van der Waals surface area contributed by atoms with Gasteiger partial charge in [0.05, 0.1) is 8.07 Å². The standard InChI is InChI=1S/C10H17NO2Si/c1-14(2,3)8-4-7-11-9(12)5-6-10(11)13/h4,8H,5-7H2,1-3H3. The highest BCUT2D eigenvalue weighted by Gasteiger charge is 2.27. The molecule has 78 valence electrons. The van der Waals surface area contributed by atoms with Crippen LogP contribution in [-0.4, -0.2) is 31.3 Å². The first-order valence-electron chi connectivity index (χ1n) is 4.91. The summed E-state index contributed by atoms with van der Waals surface area (Å²) in [4.78, 5) is 23.8. The summed E-state index contributed by atoms with van der Waals surface area (Å²) in [7, 11) is -1.20. The van der Waals surface area contributed by atoms with Crippen molar-refractivity contribution in [3.8, 4) is 0 Å². The maximum atomic E-state index is 11.2. The van der Waals surface area contributed by atoms with E-state index in [9.17, 15) is 9.59 Å². The summed E-state index contributed by atoms with van der Waals surface area (Å²) in [5.74, 6) is -0.0644. The number of nitrogens with zero attached hydrogens (tertiary/aromatic N) is 1. The maximum absolute atomic E-state index is 11.2. The zero-order chi connectivity index (χ0) is 10.8. The SMILES string of the molecule is C[Si](C)(C)C=CCN1C(=O)CCC1=O. The molecular weight excluding hydrogens is 194 g/mol. The first-order valence-corrected chi connectivity index (χ1v) is 8.49. The Bertz CT molecular complexity index is 262. The second-order valence-electron chi connectivity index (χ2n) is 4.67. The molecule has 0 atom stereocenters. The molecule has 1 aliphatic heterocycles. The van der Waals surface area contributed by atoms with E-state index in [4.69, 9.17) is 0 Å². The van der Waals surface area contributed by atoms with Gasteiger partial charge >= 0.3 is 0 Å². The first-order chi connectivity index (χ1) is 6.40. The van der Waals surface area contributed by atoms with Gasteiger partial charge in [-0.15, -0.1) is 0 Å².